The molecule has 1 saturated heterocycles. The highest BCUT2D eigenvalue weighted by Gasteiger charge is 2.48. The molecule has 0 aromatic heterocycles. The molecule has 0 amide bonds. The molecular weight excluding hydrogens is 339 g/mol. The van der Waals surface area contributed by atoms with Crippen LogP contribution in [0.5, 0.6) is 0 Å². The molecular formula is C20H42Cl2N2. The van der Waals surface area contributed by atoms with Gasteiger partial charge in [-0.2, -0.15) is 0 Å². The van der Waals surface area contributed by atoms with Gasteiger partial charge in [-0.25, -0.2) is 0 Å². The predicted molar refractivity (Wildman–Crippen MR) is 112 cm³/mol. The van der Waals surface area contributed by atoms with Gasteiger partial charge in [-0.15, -0.1) is 24.8 Å². The number of nitrogens with zero attached hydrogens (tertiary/aromatic N) is 1. The maximum Gasteiger partial charge on any atom is 0.0139 e. The van der Waals surface area contributed by atoms with Crippen molar-refractivity contribution in [2.45, 2.75) is 97.1 Å². The molecule has 146 valence electrons. The molecule has 2 rings (SSSR count). The summed E-state index contributed by atoms with van der Waals surface area (Å²) in [5, 5.41) is 3.87. The van der Waals surface area contributed by atoms with Gasteiger partial charge in [0.25, 0.3) is 0 Å². The summed E-state index contributed by atoms with van der Waals surface area (Å²) < 4.78 is 0. The first-order valence-electron chi connectivity index (χ1n) is 9.87. The second-order valence-corrected chi connectivity index (χ2v) is 8.67. The van der Waals surface area contributed by atoms with Crippen LogP contribution in [0, 0.1) is 10.8 Å². The molecule has 1 saturated carbocycles. The van der Waals surface area contributed by atoms with Crippen LogP contribution < -0.4 is 5.32 Å². The van der Waals surface area contributed by atoms with Gasteiger partial charge in [-0.3, -0.25) is 0 Å². The van der Waals surface area contributed by atoms with E-state index in [1.54, 1.807) is 0 Å². The smallest absolute Gasteiger partial charge is 0.0139 e. The van der Waals surface area contributed by atoms with Crippen molar-refractivity contribution in [3.63, 3.8) is 0 Å². The van der Waals surface area contributed by atoms with Gasteiger partial charge in [0.15, 0.2) is 0 Å². The Kier molecular flexibility index (Phi) is 10.8. The van der Waals surface area contributed by atoms with Gasteiger partial charge in [0.2, 0.25) is 0 Å². The van der Waals surface area contributed by atoms with Crippen molar-refractivity contribution < 1.29 is 0 Å². The Morgan fingerprint density at radius 3 is 1.96 bits per heavy atom. The highest BCUT2D eigenvalue weighted by molar-refractivity contribution is 5.85. The lowest BCUT2D eigenvalue weighted by atomic mass is 9.58. The first-order valence-corrected chi connectivity index (χ1v) is 9.87. The molecule has 1 heterocycles. The molecule has 0 bridgehead atoms. The fraction of sp³-hybridized carbons (Fsp3) is 1.00. The Morgan fingerprint density at radius 1 is 0.958 bits per heavy atom. The van der Waals surface area contributed by atoms with Crippen molar-refractivity contribution in [2.75, 3.05) is 20.6 Å². The van der Waals surface area contributed by atoms with E-state index in [9.17, 15) is 0 Å². The van der Waals surface area contributed by atoms with E-state index in [-0.39, 0.29) is 24.8 Å². The van der Waals surface area contributed by atoms with Crippen LogP contribution in [0.25, 0.3) is 0 Å². The lowest BCUT2D eigenvalue weighted by Crippen LogP contribution is -2.45. The third-order valence-electron chi connectivity index (χ3n) is 7.08. The topological polar surface area (TPSA) is 15.3 Å². The summed E-state index contributed by atoms with van der Waals surface area (Å²) in [6.45, 7) is 8.38. The Balaban J connectivity index is 0.00000264. The average Bonchev–Trinajstić information content (AvgIpc) is 2.86. The minimum Gasteiger partial charge on any atom is -0.313 e. The van der Waals surface area contributed by atoms with Crippen molar-refractivity contribution in [1.29, 1.82) is 0 Å². The predicted octanol–water partition coefficient (Wildman–Crippen LogP) is 5.68. The van der Waals surface area contributed by atoms with Crippen LogP contribution in [0.15, 0.2) is 0 Å². The molecule has 4 heteroatoms. The van der Waals surface area contributed by atoms with E-state index >= 15 is 0 Å². The third kappa shape index (κ3) is 5.50. The third-order valence-corrected chi connectivity index (χ3v) is 7.08. The van der Waals surface area contributed by atoms with Crippen LogP contribution in [0.3, 0.4) is 0 Å². The molecule has 2 atom stereocenters. The van der Waals surface area contributed by atoms with Crippen LogP contribution in [0.4, 0.5) is 0 Å². The van der Waals surface area contributed by atoms with E-state index in [4.69, 9.17) is 0 Å². The summed E-state index contributed by atoms with van der Waals surface area (Å²) in [6.07, 6.45) is 14.3. The molecule has 1 spiro atoms. The molecule has 2 fully saturated rings. The van der Waals surface area contributed by atoms with E-state index in [0.29, 0.717) is 16.9 Å². The van der Waals surface area contributed by atoms with Crippen LogP contribution in [0.1, 0.15) is 85.0 Å². The molecule has 2 aliphatic rings. The van der Waals surface area contributed by atoms with E-state index in [0.717, 1.165) is 6.04 Å². The fourth-order valence-corrected chi connectivity index (χ4v) is 5.33. The molecule has 24 heavy (non-hydrogen) atoms. The van der Waals surface area contributed by atoms with Crippen LogP contribution in [0.2, 0.25) is 0 Å². The zero-order valence-corrected chi connectivity index (χ0v) is 18.3. The number of nitrogens with one attached hydrogen (secondary N) is 1. The fourth-order valence-electron chi connectivity index (χ4n) is 5.33. The standard InChI is InChI=1S/C20H40N2.2ClH/c1-6-8-19(9-7-2)10-12-20(13-11-19)14-15-21-18(20)16-17(3)22(4)5;;/h17-18,21H,6-16H2,1-5H3;2*1H. The molecule has 0 radical (unpaired) electrons. The first kappa shape index (κ1) is 24.5. The number of halogens is 2. The van der Waals surface area contributed by atoms with Gasteiger partial charge < -0.3 is 10.2 Å². The molecule has 1 aliphatic heterocycles. The van der Waals surface area contributed by atoms with Gasteiger partial charge >= 0.3 is 0 Å². The van der Waals surface area contributed by atoms with Gasteiger partial charge in [0.05, 0.1) is 0 Å². The van der Waals surface area contributed by atoms with Gasteiger partial charge in [-0.05, 0) is 89.8 Å². The summed E-state index contributed by atoms with van der Waals surface area (Å²) in [4.78, 5) is 2.38. The van der Waals surface area contributed by atoms with Crippen molar-refractivity contribution in [3.05, 3.63) is 0 Å². The monoisotopic (exact) mass is 380 g/mol. The molecule has 1 aliphatic carbocycles. The van der Waals surface area contributed by atoms with E-state index < -0.39 is 0 Å². The first-order chi connectivity index (χ1) is 10.5. The normalized spacial score (nSPS) is 26.0. The number of hydrogen-bond acceptors (Lipinski definition) is 2. The van der Waals surface area contributed by atoms with Crippen LogP contribution >= 0.6 is 24.8 Å². The molecule has 0 aromatic rings. The maximum atomic E-state index is 3.87. The highest BCUT2D eigenvalue weighted by Crippen LogP contribution is 2.54. The minimum absolute atomic E-state index is 0. The summed E-state index contributed by atoms with van der Waals surface area (Å²) in [5.41, 5.74) is 1.31. The average molecular weight is 381 g/mol. The molecule has 2 unspecified atom stereocenters. The molecule has 2 nitrogen and oxygen atoms in total. The highest BCUT2D eigenvalue weighted by atomic mass is 35.5. The van der Waals surface area contributed by atoms with Gasteiger partial charge in [0, 0.05) is 12.1 Å². The zero-order chi connectivity index (χ0) is 16.2. The van der Waals surface area contributed by atoms with Crippen molar-refractivity contribution in [3.8, 4) is 0 Å². The summed E-state index contributed by atoms with van der Waals surface area (Å²) in [7, 11) is 4.45. The second kappa shape index (κ2) is 10.6. The summed E-state index contributed by atoms with van der Waals surface area (Å²) >= 11 is 0. The minimum atomic E-state index is 0. The Labute approximate surface area is 163 Å². The van der Waals surface area contributed by atoms with Crippen molar-refractivity contribution in [1.82, 2.24) is 10.2 Å². The Morgan fingerprint density at radius 2 is 1.50 bits per heavy atom. The van der Waals surface area contributed by atoms with Gasteiger partial charge in [-0.1, -0.05) is 26.7 Å². The summed E-state index contributed by atoms with van der Waals surface area (Å²) in [5.74, 6) is 0. The van der Waals surface area contributed by atoms with Crippen molar-refractivity contribution in [2.24, 2.45) is 10.8 Å². The van der Waals surface area contributed by atoms with E-state index in [2.05, 4.69) is 45.1 Å². The van der Waals surface area contributed by atoms with Crippen LogP contribution in [-0.2, 0) is 0 Å². The number of hydrogen-bond donors (Lipinski definition) is 1. The lowest BCUT2D eigenvalue weighted by Gasteiger charge is -2.48. The lowest BCUT2D eigenvalue weighted by molar-refractivity contribution is 0.0444. The Hall–Kier alpha value is 0.500. The summed E-state index contributed by atoms with van der Waals surface area (Å²) in [6, 6.07) is 1.44. The quantitative estimate of drug-likeness (QED) is 0.610. The largest absolute Gasteiger partial charge is 0.313 e. The molecule has 0 aromatic carbocycles. The Bertz CT molecular complexity index is 331. The van der Waals surface area contributed by atoms with E-state index in [1.807, 2.05) is 0 Å². The number of rotatable bonds is 7. The maximum absolute atomic E-state index is 3.87. The molecule has 1 N–H and O–H groups in total. The van der Waals surface area contributed by atoms with Crippen molar-refractivity contribution >= 4 is 24.8 Å². The second-order valence-electron chi connectivity index (χ2n) is 8.67. The van der Waals surface area contributed by atoms with Gasteiger partial charge in [0.1, 0.15) is 0 Å². The SMILES string of the molecule is CCCC1(CCC)CCC2(CCNC2CC(C)N(C)C)CC1.Cl.Cl. The van der Waals surface area contributed by atoms with Crippen LogP contribution in [-0.4, -0.2) is 37.6 Å². The van der Waals surface area contributed by atoms with E-state index in [1.165, 1.54) is 70.8 Å². The zero-order valence-electron chi connectivity index (χ0n) is 16.7.